The van der Waals surface area contributed by atoms with Gasteiger partial charge in [-0.2, -0.15) is 0 Å². The summed E-state index contributed by atoms with van der Waals surface area (Å²) in [5, 5.41) is 5.83. The SMILES string of the molecule is CON(C)C(=O)CC(NC(C)=O)c1cccs1. The Morgan fingerprint density at radius 1 is 1.59 bits per heavy atom. The van der Waals surface area contributed by atoms with Crippen LogP contribution < -0.4 is 5.32 Å². The highest BCUT2D eigenvalue weighted by Crippen LogP contribution is 2.22. The van der Waals surface area contributed by atoms with Crippen LogP contribution in [0.25, 0.3) is 0 Å². The zero-order valence-corrected chi connectivity index (χ0v) is 10.9. The number of hydrogen-bond donors (Lipinski definition) is 1. The summed E-state index contributed by atoms with van der Waals surface area (Å²) < 4.78 is 0. The Balaban J connectivity index is 2.71. The van der Waals surface area contributed by atoms with Gasteiger partial charge in [0.05, 0.1) is 19.6 Å². The van der Waals surface area contributed by atoms with Crippen molar-refractivity contribution >= 4 is 23.2 Å². The smallest absolute Gasteiger partial charge is 0.248 e. The number of carbonyl (C=O) groups is 2. The first-order valence-electron chi connectivity index (χ1n) is 5.15. The van der Waals surface area contributed by atoms with Crippen LogP contribution >= 0.6 is 11.3 Å². The van der Waals surface area contributed by atoms with E-state index >= 15 is 0 Å². The molecule has 0 spiro atoms. The van der Waals surface area contributed by atoms with Crippen LogP contribution in [0.2, 0.25) is 0 Å². The van der Waals surface area contributed by atoms with E-state index in [9.17, 15) is 9.59 Å². The van der Waals surface area contributed by atoms with Crippen molar-refractivity contribution in [2.24, 2.45) is 0 Å². The van der Waals surface area contributed by atoms with E-state index in [1.54, 1.807) is 7.05 Å². The fourth-order valence-corrected chi connectivity index (χ4v) is 2.14. The van der Waals surface area contributed by atoms with Crippen molar-refractivity contribution in [3.05, 3.63) is 22.4 Å². The van der Waals surface area contributed by atoms with Gasteiger partial charge in [-0.15, -0.1) is 11.3 Å². The van der Waals surface area contributed by atoms with Gasteiger partial charge >= 0.3 is 0 Å². The Labute approximate surface area is 104 Å². The van der Waals surface area contributed by atoms with Crippen molar-refractivity contribution < 1.29 is 14.4 Å². The van der Waals surface area contributed by atoms with Crippen molar-refractivity contribution in [1.29, 1.82) is 0 Å². The van der Waals surface area contributed by atoms with Gasteiger partial charge in [0, 0.05) is 18.8 Å². The van der Waals surface area contributed by atoms with Crippen LogP contribution in [0.4, 0.5) is 0 Å². The predicted molar refractivity (Wildman–Crippen MR) is 65.3 cm³/mol. The molecular formula is C11H16N2O3S. The number of thiophene rings is 1. The molecule has 0 radical (unpaired) electrons. The minimum atomic E-state index is -0.294. The molecule has 1 rings (SSSR count). The summed E-state index contributed by atoms with van der Waals surface area (Å²) in [6.07, 6.45) is 0.185. The van der Waals surface area contributed by atoms with E-state index in [0.717, 1.165) is 9.94 Å². The van der Waals surface area contributed by atoms with E-state index in [0.29, 0.717) is 0 Å². The van der Waals surface area contributed by atoms with Gasteiger partial charge in [0.25, 0.3) is 0 Å². The molecule has 0 fully saturated rings. The normalized spacial score (nSPS) is 11.9. The third-order valence-electron chi connectivity index (χ3n) is 2.27. The van der Waals surface area contributed by atoms with Gasteiger partial charge in [0.15, 0.2) is 0 Å². The number of rotatable bonds is 5. The number of nitrogens with one attached hydrogen (secondary N) is 1. The number of amides is 2. The van der Waals surface area contributed by atoms with E-state index in [4.69, 9.17) is 4.84 Å². The lowest BCUT2D eigenvalue weighted by molar-refractivity contribution is -0.169. The Hall–Kier alpha value is -1.40. The Morgan fingerprint density at radius 3 is 2.76 bits per heavy atom. The summed E-state index contributed by atoms with van der Waals surface area (Å²) in [4.78, 5) is 28.6. The van der Waals surface area contributed by atoms with Crippen LogP contribution in [0.1, 0.15) is 24.3 Å². The highest BCUT2D eigenvalue weighted by atomic mass is 32.1. The second kappa shape index (κ2) is 6.36. The highest BCUT2D eigenvalue weighted by Gasteiger charge is 2.20. The van der Waals surface area contributed by atoms with Crippen molar-refractivity contribution in [2.45, 2.75) is 19.4 Å². The molecule has 1 heterocycles. The van der Waals surface area contributed by atoms with Gasteiger partial charge in [-0.1, -0.05) is 6.07 Å². The fraction of sp³-hybridized carbons (Fsp3) is 0.455. The van der Waals surface area contributed by atoms with Gasteiger partial charge in [-0.25, -0.2) is 5.06 Å². The third-order valence-corrected chi connectivity index (χ3v) is 3.25. The first-order valence-corrected chi connectivity index (χ1v) is 6.03. The molecule has 0 aliphatic carbocycles. The minimum Gasteiger partial charge on any atom is -0.348 e. The maximum absolute atomic E-state index is 11.7. The monoisotopic (exact) mass is 256 g/mol. The summed E-state index contributed by atoms with van der Waals surface area (Å²) in [6.45, 7) is 1.44. The number of nitrogens with zero attached hydrogens (tertiary/aromatic N) is 1. The topological polar surface area (TPSA) is 58.6 Å². The zero-order chi connectivity index (χ0) is 12.8. The van der Waals surface area contributed by atoms with E-state index < -0.39 is 0 Å². The molecule has 1 atom stereocenters. The second-order valence-electron chi connectivity index (χ2n) is 3.55. The molecule has 17 heavy (non-hydrogen) atoms. The molecule has 6 heteroatoms. The lowest BCUT2D eigenvalue weighted by Gasteiger charge is -2.19. The summed E-state index contributed by atoms with van der Waals surface area (Å²) in [5.41, 5.74) is 0. The first kappa shape index (κ1) is 13.7. The van der Waals surface area contributed by atoms with Crippen LogP contribution in [0.15, 0.2) is 17.5 Å². The van der Waals surface area contributed by atoms with Gasteiger partial charge in [-0.3, -0.25) is 14.4 Å². The average Bonchev–Trinajstić information content (AvgIpc) is 2.79. The Morgan fingerprint density at radius 2 is 2.29 bits per heavy atom. The van der Waals surface area contributed by atoms with Crippen LogP contribution in [-0.2, 0) is 14.4 Å². The Bertz CT molecular complexity index is 378. The molecular weight excluding hydrogens is 240 g/mol. The van der Waals surface area contributed by atoms with Crippen LogP contribution in [0.3, 0.4) is 0 Å². The first-order chi connectivity index (χ1) is 8.04. The summed E-state index contributed by atoms with van der Waals surface area (Å²) >= 11 is 1.51. The number of hydrogen-bond acceptors (Lipinski definition) is 4. The van der Waals surface area contributed by atoms with E-state index in [2.05, 4.69) is 5.32 Å². The van der Waals surface area contributed by atoms with Crippen LogP contribution in [-0.4, -0.2) is 31.0 Å². The summed E-state index contributed by atoms with van der Waals surface area (Å²) in [6, 6.07) is 3.49. The van der Waals surface area contributed by atoms with Crippen LogP contribution in [0, 0.1) is 0 Å². The van der Waals surface area contributed by atoms with Crippen molar-refractivity contribution in [3.8, 4) is 0 Å². The molecule has 5 nitrogen and oxygen atoms in total. The van der Waals surface area contributed by atoms with Crippen LogP contribution in [0.5, 0.6) is 0 Å². The van der Waals surface area contributed by atoms with E-state index in [-0.39, 0.29) is 24.3 Å². The molecule has 0 aromatic carbocycles. The zero-order valence-electron chi connectivity index (χ0n) is 10.1. The molecule has 94 valence electrons. The average molecular weight is 256 g/mol. The predicted octanol–water partition coefficient (Wildman–Crippen LogP) is 1.34. The molecule has 0 aliphatic rings. The number of hydroxylamine groups is 2. The summed E-state index contributed by atoms with van der Waals surface area (Å²) in [7, 11) is 2.97. The molecule has 1 N–H and O–H groups in total. The van der Waals surface area contributed by atoms with Gasteiger partial charge in [0.2, 0.25) is 11.8 Å². The lowest BCUT2D eigenvalue weighted by atomic mass is 10.1. The summed E-state index contributed by atoms with van der Waals surface area (Å²) in [5.74, 6) is -0.337. The van der Waals surface area contributed by atoms with Crippen molar-refractivity contribution in [3.63, 3.8) is 0 Å². The maximum Gasteiger partial charge on any atom is 0.248 e. The molecule has 1 aromatic rings. The second-order valence-corrected chi connectivity index (χ2v) is 4.53. The van der Waals surface area contributed by atoms with Gasteiger partial charge in [-0.05, 0) is 11.4 Å². The number of carbonyl (C=O) groups excluding carboxylic acids is 2. The van der Waals surface area contributed by atoms with Crippen molar-refractivity contribution in [1.82, 2.24) is 10.4 Å². The van der Waals surface area contributed by atoms with Gasteiger partial charge in [0.1, 0.15) is 0 Å². The molecule has 2 amide bonds. The lowest BCUT2D eigenvalue weighted by Crippen LogP contribution is -2.32. The Kier molecular flexibility index (Phi) is 5.11. The standard InChI is InChI=1S/C11H16N2O3S/c1-8(14)12-9(10-5-4-6-17-10)7-11(15)13(2)16-3/h4-6,9H,7H2,1-3H3,(H,12,14). The minimum absolute atomic E-state index is 0.156. The molecule has 1 aromatic heterocycles. The molecule has 0 saturated carbocycles. The van der Waals surface area contributed by atoms with E-state index in [1.807, 2.05) is 17.5 Å². The molecule has 0 bridgehead atoms. The third kappa shape index (κ3) is 4.16. The largest absolute Gasteiger partial charge is 0.348 e. The molecule has 0 aliphatic heterocycles. The molecule has 0 saturated heterocycles. The van der Waals surface area contributed by atoms with E-state index in [1.165, 1.54) is 25.4 Å². The van der Waals surface area contributed by atoms with Gasteiger partial charge < -0.3 is 5.32 Å². The molecule has 1 unspecified atom stereocenters. The quantitative estimate of drug-likeness (QED) is 0.809. The maximum atomic E-state index is 11.7. The fourth-order valence-electron chi connectivity index (χ4n) is 1.36. The van der Waals surface area contributed by atoms with Crippen molar-refractivity contribution in [2.75, 3.05) is 14.2 Å². The highest BCUT2D eigenvalue weighted by molar-refractivity contribution is 7.10.